The lowest BCUT2D eigenvalue weighted by molar-refractivity contribution is -0.192. The first-order chi connectivity index (χ1) is 18.5. The fraction of sp³-hybridized carbons (Fsp3) is 0.458. The minimum absolute atomic E-state index is 0.245. The molecule has 1 saturated heterocycles. The summed E-state index contributed by atoms with van der Waals surface area (Å²) >= 11 is 0. The summed E-state index contributed by atoms with van der Waals surface area (Å²) < 4.78 is 38.8. The van der Waals surface area contributed by atoms with Gasteiger partial charge < -0.3 is 20.1 Å². The van der Waals surface area contributed by atoms with Gasteiger partial charge in [0.05, 0.1) is 7.11 Å². The Morgan fingerprint density at radius 3 is 2.67 bits per heavy atom. The van der Waals surface area contributed by atoms with E-state index >= 15 is 0 Å². The van der Waals surface area contributed by atoms with Crippen LogP contribution in [0.15, 0.2) is 24.5 Å². The Kier molecular flexibility index (Phi) is 6.70. The molecule has 3 aromatic heterocycles. The summed E-state index contributed by atoms with van der Waals surface area (Å²) in [6.07, 6.45) is 1.87. The number of aromatic nitrogens is 4. The number of hydrogen-bond acceptors (Lipinski definition) is 8. The van der Waals surface area contributed by atoms with Gasteiger partial charge in [-0.15, -0.1) is 0 Å². The molecule has 6 rings (SSSR count). The van der Waals surface area contributed by atoms with Crippen molar-refractivity contribution in [2.75, 3.05) is 48.4 Å². The Morgan fingerprint density at radius 1 is 1.26 bits per heavy atom. The van der Waals surface area contributed by atoms with Crippen LogP contribution >= 0.6 is 0 Å². The maximum Gasteiger partial charge on any atom is 0.490 e. The van der Waals surface area contributed by atoms with Gasteiger partial charge in [-0.3, -0.25) is 14.9 Å². The molecular weight excluding hydrogens is 521 g/mol. The summed E-state index contributed by atoms with van der Waals surface area (Å²) in [5.74, 6) is -1.21. The molecule has 1 spiro atoms. The number of carbonyl (C=O) groups excluding carboxylic acids is 1. The Bertz CT molecular complexity index is 1420. The van der Waals surface area contributed by atoms with Crippen molar-refractivity contribution < 1.29 is 32.6 Å². The lowest BCUT2D eigenvalue weighted by Gasteiger charge is -2.36. The molecule has 39 heavy (non-hydrogen) atoms. The molecule has 2 fully saturated rings. The zero-order chi connectivity index (χ0) is 27.9. The van der Waals surface area contributed by atoms with Crippen molar-refractivity contribution in [1.29, 1.82) is 0 Å². The van der Waals surface area contributed by atoms with Crippen molar-refractivity contribution in [3.63, 3.8) is 0 Å². The van der Waals surface area contributed by atoms with E-state index in [2.05, 4.69) is 36.7 Å². The average Bonchev–Trinajstić information content (AvgIpc) is 3.30. The van der Waals surface area contributed by atoms with Crippen LogP contribution in [0.2, 0.25) is 0 Å². The molecular formula is C24H27F3N8O4. The number of aliphatic carboxylic acids is 1. The van der Waals surface area contributed by atoms with Gasteiger partial charge in [0.15, 0.2) is 5.52 Å². The highest BCUT2D eigenvalue weighted by molar-refractivity contribution is 6.03. The van der Waals surface area contributed by atoms with E-state index in [1.165, 1.54) is 18.5 Å². The quantitative estimate of drug-likeness (QED) is 0.451. The first-order valence-corrected chi connectivity index (χ1v) is 12.2. The van der Waals surface area contributed by atoms with Crippen LogP contribution in [-0.2, 0) is 18.3 Å². The number of anilines is 3. The highest BCUT2D eigenvalue weighted by atomic mass is 19.4. The SMILES string of the molecule is COc1nc(NC(=O)N2CCc3c(N4CCNC5(CC5)C4)ccnc32)cc2cn(C)nc12.O=C(O)C(F)(F)F. The monoisotopic (exact) mass is 548 g/mol. The normalized spacial score (nSPS) is 17.5. The number of nitrogens with one attached hydrogen (secondary N) is 2. The zero-order valence-corrected chi connectivity index (χ0v) is 21.2. The van der Waals surface area contributed by atoms with Gasteiger partial charge in [0, 0.05) is 67.8 Å². The topological polar surface area (TPSA) is 138 Å². The lowest BCUT2D eigenvalue weighted by atomic mass is 10.1. The van der Waals surface area contributed by atoms with Crippen molar-refractivity contribution in [3.05, 3.63) is 30.1 Å². The summed E-state index contributed by atoms with van der Waals surface area (Å²) in [5, 5.41) is 18.9. The van der Waals surface area contributed by atoms with E-state index in [0.717, 1.165) is 42.8 Å². The molecule has 3 aromatic rings. The van der Waals surface area contributed by atoms with E-state index in [4.69, 9.17) is 14.6 Å². The first-order valence-electron chi connectivity index (χ1n) is 12.2. The Morgan fingerprint density at radius 2 is 2.00 bits per heavy atom. The minimum atomic E-state index is -5.08. The van der Waals surface area contributed by atoms with Gasteiger partial charge in [-0.25, -0.2) is 14.6 Å². The van der Waals surface area contributed by atoms with Crippen LogP contribution in [0.1, 0.15) is 18.4 Å². The number of carbonyl (C=O) groups is 2. The summed E-state index contributed by atoms with van der Waals surface area (Å²) in [7, 11) is 3.39. The Hall–Kier alpha value is -4.14. The highest BCUT2D eigenvalue weighted by Crippen LogP contribution is 2.41. The number of amides is 2. The van der Waals surface area contributed by atoms with Gasteiger partial charge in [-0.2, -0.15) is 23.3 Å². The van der Waals surface area contributed by atoms with Crippen LogP contribution in [0.5, 0.6) is 5.88 Å². The molecule has 12 nitrogen and oxygen atoms in total. The van der Waals surface area contributed by atoms with Gasteiger partial charge in [0.25, 0.3) is 0 Å². The second-order valence-corrected chi connectivity index (χ2v) is 9.65. The van der Waals surface area contributed by atoms with Crippen LogP contribution in [0.4, 0.5) is 35.3 Å². The lowest BCUT2D eigenvalue weighted by Crippen LogP contribution is -2.52. The van der Waals surface area contributed by atoms with Gasteiger partial charge in [-0.1, -0.05) is 0 Å². The van der Waals surface area contributed by atoms with E-state index in [0.29, 0.717) is 29.3 Å². The Labute approximate surface area is 220 Å². The van der Waals surface area contributed by atoms with E-state index in [-0.39, 0.29) is 6.03 Å². The maximum atomic E-state index is 13.2. The zero-order valence-electron chi connectivity index (χ0n) is 21.2. The van der Waals surface area contributed by atoms with E-state index < -0.39 is 12.1 Å². The molecule has 3 aliphatic rings. The molecule has 1 aliphatic carbocycles. The number of methoxy groups -OCH3 is 1. The number of carboxylic acid groups (broad SMARTS) is 1. The number of rotatable bonds is 3. The molecule has 1 saturated carbocycles. The molecule has 0 aromatic carbocycles. The standard InChI is InChI=1S/C22H26N8O2.C2HF3O2/c1-28-12-14-11-17(25-20(32-2)18(14)27-28)26-21(31)30-9-4-15-16(3-7-23-19(15)30)29-10-8-24-22(13-29)5-6-22;3-2(4,5)1(6)7/h3,7,11-12,24H,4-6,8-10,13H2,1-2H3,(H,26,31);(H,6,7). The van der Waals surface area contributed by atoms with Gasteiger partial charge >= 0.3 is 18.2 Å². The molecule has 3 N–H and O–H groups in total. The summed E-state index contributed by atoms with van der Waals surface area (Å²) in [4.78, 5) is 35.2. The molecule has 0 unspecified atom stereocenters. The highest BCUT2D eigenvalue weighted by Gasteiger charge is 2.46. The number of aryl methyl sites for hydroxylation is 1. The number of hydrogen-bond donors (Lipinski definition) is 3. The van der Waals surface area contributed by atoms with E-state index in [9.17, 15) is 18.0 Å². The number of piperazine rings is 1. The Balaban J connectivity index is 0.000000392. The van der Waals surface area contributed by atoms with Gasteiger partial charge in [0.1, 0.15) is 11.6 Å². The average molecular weight is 549 g/mol. The predicted molar refractivity (Wildman–Crippen MR) is 135 cm³/mol. The maximum absolute atomic E-state index is 13.2. The number of carboxylic acids is 1. The molecule has 2 amide bonds. The third-order valence-corrected chi connectivity index (χ3v) is 6.91. The van der Waals surface area contributed by atoms with Crippen LogP contribution in [-0.4, -0.2) is 81.9 Å². The molecule has 0 radical (unpaired) electrons. The predicted octanol–water partition coefficient (Wildman–Crippen LogP) is 2.54. The number of halogens is 3. The molecule has 15 heteroatoms. The van der Waals surface area contributed by atoms with Gasteiger partial charge in [-0.05, 0) is 31.4 Å². The van der Waals surface area contributed by atoms with Crippen molar-refractivity contribution in [3.8, 4) is 5.88 Å². The number of fused-ring (bicyclic) bond motifs is 2. The van der Waals surface area contributed by atoms with Crippen LogP contribution < -0.4 is 25.2 Å². The minimum Gasteiger partial charge on any atom is -0.479 e. The van der Waals surface area contributed by atoms with Crippen LogP contribution in [0, 0.1) is 0 Å². The number of pyridine rings is 2. The van der Waals surface area contributed by atoms with Crippen molar-refractivity contribution in [2.45, 2.75) is 31.0 Å². The van der Waals surface area contributed by atoms with Crippen molar-refractivity contribution >= 4 is 40.2 Å². The number of ether oxygens (including phenoxy) is 1. The molecule has 2 aliphatic heterocycles. The van der Waals surface area contributed by atoms with Crippen molar-refractivity contribution in [1.82, 2.24) is 25.1 Å². The second kappa shape index (κ2) is 9.87. The van der Waals surface area contributed by atoms with Crippen LogP contribution in [0.3, 0.4) is 0 Å². The number of nitrogens with zero attached hydrogens (tertiary/aromatic N) is 6. The second-order valence-electron chi connectivity index (χ2n) is 9.65. The molecule has 208 valence electrons. The van der Waals surface area contributed by atoms with Crippen LogP contribution in [0.25, 0.3) is 10.9 Å². The smallest absolute Gasteiger partial charge is 0.479 e. The van der Waals surface area contributed by atoms with Crippen molar-refractivity contribution in [2.24, 2.45) is 7.05 Å². The number of urea groups is 1. The summed E-state index contributed by atoms with van der Waals surface area (Å²) in [5.41, 5.74) is 3.30. The molecule has 5 heterocycles. The molecule has 0 bridgehead atoms. The fourth-order valence-corrected chi connectivity index (χ4v) is 4.92. The largest absolute Gasteiger partial charge is 0.490 e. The third-order valence-electron chi connectivity index (χ3n) is 6.91. The molecule has 0 atom stereocenters. The number of alkyl halides is 3. The first kappa shape index (κ1) is 26.5. The van der Waals surface area contributed by atoms with E-state index in [1.807, 2.05) is 19.4 Å². The van der Waals surface area contributed by atoms with E-state index in [1.54, 1.807) is 22.8 Å². The summed E-state index contributed by atoms with van der Waals surface area (Å²) in [6, 6.07) is 3.65. The van der Waals surface area contributed by atoms with Gasteiger partial charge in [0.2, 0.25) is 5.88 Å². The third kappa shape index (κ3) is 5.39. The fourth-order valence-electron chi connectivity index (χ4n) is 4.92. The summed E-state index contributed by atoms with van der Waals surface area (Å²) in [6.45, 7) is 3.57.